The van der Waals surface area contributed by atoms with E-state index in [9.17, 15) is 0 Å². The van der Waals surface area contributed by atoms with Gasteiger partial charge in [-0.3, -0.25) is 5.10 Å². The second-order valence-electron chi connectivity index (χ2n) is 1.44. The van der Waals surface area contributed by atoms with Crippen LogP contribution in [0.25, 0.3) is 0 Å². The van der Waals surface area contributed by atoms with Gasteiger partial charge < -0.3 is 0 Å². The maximum atomic E-state index is 4.03. The summed E-state index contributed by atoms with van der Waals surface area (Å²) in [5.41, 5.74) is 0.972. The molecular weight excluding hydrogens is 122 g/mol. The predicted molar refractivity (Wildman–Crippen MR) is 33.9 cm³/mol. The number of thiol groups is 1. The van der Waals surface area contributed by atoms with Crippen LogP contribution in [0.3, 0.4) is 0 Å². The monoisotopic (exact) mass is 129 g/mol. The van der Waals surface area contributed by atoms with E-state index in [4.69, 9.17) is 0 Å². The van der Waals surface area contributed by atoms with Gasteiger partial charge in [-0.1, -0.05) is 5.21 Å². The predicted octanol–water partition coefficient (Wildman–Crippen LogP) is 0.277. The Bertz CT molecular complexity index is 137. The molecular formula is C4H7N3S. The van der Waals surface area contributed by atoms with Crippen LogP contribution in [0.2, 0.25) is 0 Å². The van der Waals surface area contributed by atoms with E-state index in [1.807, 2.05) is 0 Å². The number of aryl methyl sites for hydroxylation is 1. The Morgan fingerprint density at radius 2 is 2.62 bits per heavy atom. The summed E-state index contributed by atoms with van der Waals surface area (Å²) in [6.07, 6.45) is 2.66. The van der Waals surface area contributed by atoms with Crippen LogP contribution in [0.1, 0.15) is 5.69 Å². The number of aromatic nitrogens is 3. The standard InChI is InChI=1S/C4H7N3S/c8-2-1-4-3-5-7-6-4/h3,8H,1-2H2,(H,5,6,7). The average Bonchev–Trinajstić information content (AvgIpc) is 2.19. The highest BCUT2D eigenvalue weighted by Crippen LogP contribution is 1.90. The van der Waals surface area contributed by atoms with E-state index < -0.39 is 0 Å². The molecule has 4 heteroatoms. The highest BCUT2D eigenvalue weighted by molar-refractivity contribution is 7.80. The molecule has 0 radical (unpaired) electrons. The maximum Gasteiger partial charge on any atom is 0.0832 e. The third kappa shape index (κ3) is 1.23. The van der Waals surface area contributed by atoms with E-state index in [0.717, 1.165) is 17.9 Å². The molecule has 44 valence electrons. The van der Waals surface area contributed by atoms with Gasteiger partial charge in [0.2, 0.25) is 0 Å². The Kier molecular flexibility index (Phi) is 1.91. The zero-order valence-corrected chi connectivity index (χ0v) is 5.23. The van der Waals surface area contributed by atoms with Crippen molar-refractivity contribution in [2.24, 2.45) is 0 Å². The fourth-order valence-corrected chi connectivity index (χ4v) is 0.691. The number of nitrogens with one attached hydrogen (secondary N) is 1. The third-order valence-electron chi connectivity index (χ3n) is 0.835. The van der Waals surface area contributed by atoms with E-state index in [1.54, 1.807) is 6.20 Å². The van der Waals surface area contributed by atoms with Crippen molar-refractivity contribution < 1.29 is 0 Å². The first-order valence-electron chi connectivity index (χ1n) is 2.39. The number of nitrogens with zero attached hydrogens (tertiary/aromatic N) is 2. The number of hydrogen-bond donors (Lipinski definition) is 2. The molecule has 8 heavy (non-hydrogen) atoms. The fourth-order valence-electron chi connectivity index (χ4n) is 0.462. The Morgan fingerprint density at radius 3 is 3.12 bits per heavy atom. The highest BCUT2D eigenvalue weighted by atomic mass is 32.1. The molecule has 1 aromatic rings. The van der Waals surface area contributed by atoms with Gasteiger partial charge in [0.25, 0.3) is 0 Å². The summed E-state index contributed by atoms with van der Waals surface area (Å²) in [4.78, 5) is 0. The summed E-state index contributed by atoms with van der Waals surface area (Å²) < 4.78 is 0. The summed E-state index contributed by atoms with van der Waals surface area (Å²) in [7, 11) is 0. The van der Waals surface area contributed by atoms with Crippen LogP contribution in [0.4, 0.5) is 0 Å². The summed E-state index contributed by atoms with van der Waals surface area (Å²) in [5, 5.41) is 9.90. The van der Waals surface area contributed by atoms with Crippen molar-refractivity contribution in [3.8, 4) is 0 Å². The van der Waals surface area contributed by atoms with E-state index in [0.29, 0.717) is 0 Å². The SMILES string of the molecule is SCCc1c[nH]nn1. The second kappa shape index (κ2) is 2.71. The molecule has 0 bridgehead atoms. The van der Waals surface area contributed by atoms with Gasteiger partial charge in [-0.15, -0.1) is 5.10 Å². The van der Waals surface area contributed by atoms with Gasteiger partial charge in [0.15, 0.2) is 0 Å². The molecule has 0 saturated heterocycles. The molecule has 1 N–H and O–H groups in total. The van der Waals surface area contributed by atoms with E-state index in [2.05, 4.69) is 28.0 Å². The van der Waals surface area contributed by atoms with Gasteiger partial charge in [-0.25, -0.2) is 0 Å². The number of hydrogen-bond acceptors (Lipinski definition) is 3. The lowest BCUT2D eigenvalue weighted by molar-refractivity contribution is 0.911. The van der Waals surface area contributed by atoms with E-state index in [-0.39, 0.29) is 0 Å². The summed E-state index contributed by atoms with van der Waals surface area (Å²) in [6.45, 7) is 0. The minimum atomic E-state index is 0.826. The first kappa shape index (κ1) is 5.62. The largest absolute Gasteiger partial charge is 0.265 e. The molecule has 0 aromatic carbocycles. The average molecular weight is 129 g/mol. The molecule has 0 saturated carbocycles. The van der Waals surface area contributed by atoms with E-state index >= 15 is 0 Å². The van der Waals surface area contributed by atoms with Crippen LogP contribution in [0, 0.1) is 0 Å². The Labute approximate surface area is 52.9 Å². The first-order chi connectivity index (χ1) is 3.93. The van der Waals surface area contributed by atoms with Crippen molar-refractivity contribution in [3.05, 3.63) is 11.9 Å². The first-order valence-corrected chi connectivity index (χ1v) is 3.03. The quantitative estimate of drug-likeness (QED) is 0.563. The van der Waals surface area contributed by atoms with Crippen molar-refractivity contribution in [1.82, 2.24) is 15.4 Å². The van der Waals surface area contributed by atoms with Crippen molar-refractivity contribution in [2.45, 2.75) is 6.42 Å². The van der Waals surface area contributed by atoms with Gasteiger partial charge in [0.05, 0.1) is 5.69 Å². The molecule has 0 fully saturated rings. The molecule has 0 aliphatic rings. The lowest BCUT2D eigenvalue weighted by Crippen LogP contribution is -1.84. The minimum absolute atomic E-state index is 0.826. The molecule has 1 aromatic heterocycles. The van der Waals surface area contributed by atoms with Crippen LogP contribution < -0.4 is 0 Å². The normalized spacial score (nSPS) is 9.62. The Balaban J connectivity index is 2.50. The van der Waals surface area contributed by atoms with Crippen LogP contribution in [0.5, 0.6) is 0 Å². The van der Waals surface area contributed by atoms with Gasteiger partial charge >= 0.3 is 0 Å². The number of H-pyrrole nitrogens is 1. The van der Waals surface area contributed by atoms with E-state index in [1.165, 1.54) is 0 Å². The molecule has 0 aliphatic carbocycles. The third-order valence-corrected chi connectivity index (χ3v) is 1.06. The van der Waals surface area contributed by atoms with Gasteiger partial charge in [-0.05, 0) is 5.75 Å². The van der Waals surface area contributed by atoms with Gasteiger partial charge in [0.1, 0.15) is 0 Å². The Hall–Kier alpha value is -0.510. The molecule has 0 aliphatic heterocycles. The molecule has 1 heterocycles. The summed E-state index contributed by atoms with van der Waals surface area (Å²) in [5.74, 6) is 0.826. The summed E-state index contributed by atoms with van der Waals surface area (Å²) in [6, 6.07) is 0. The molecule has 0 atom stereocenters. The number of rotatable bonds is 2. The number of aromatic amines is 1. The van der Waals surface area contributed by atoms with Crippen LogP contribution in [0.15, 0.2) is 6.20 Å². The van der Waals surface area contributed by atoms with Crippen molar-refractivity contribution in [2.75, 3.05) is 5.75 Å². The Morgan fingerprint density at radius 1 is 1.75 bits per heavy atom. The maximum absolute atomic E-state index is 4.03. The highest BCUT2D eigenvalue weighted by Gasteiger charge is 1.89. The zero-order chi connectivity index (χ0) is 5.82. The molecule has 3 nitrogen and oxygen atoms in total. The lowest BCUT2D eigenvalue weighted by atomic mass is 10.4. The van der Waals surface area contributed by atoms with Crippen molar-refractivity contribution >= 4 is 12.6 Å². The second-order valence-corrected chi connectivity index (χ2v) is 1.89. The summed E-state index contributed by atoms with van der Waals surface area (Å²) >= 11 is 4.03. The smallest absolute Gasteiger partial charge is 0.0832 e. The van der Waals surface area contributed by atoms with Crippen LogP contribution >= 0.6 is 12.6 Å². The molecule has 0 unspecified atom stereocenters. The van der Waals surface area contributed by atoms with Crippen LogP contribution in [-0.2, 0) is 6.42 Å². The van der Waals surface area contributed by atoms with Crippen LogP contribution in [-0.4, -0.2) is 21.2 Å². The zero-order valence-electron chi connectivity index (χ0n) is 4.33. The van der Waals surface area contributed by atoms with Crippen molar-refractivity contribution in [1.29, 1.82) is 0 Å². The van der Waals surface area contributed by atoms with Crippen molar-refractivity contribution in [3.63, 3.8) is 0 Å². The fraction of sp³-hybridized carbons (Fsp3) is 0.500. The lowest BCUT2D eigenvalue weighted by Gasteiger charge is -1.82. The molecule has 0 spiro atoms. The molecule has 1 rings (SSSR count). The topological polar surface area (TPSA) is 41.6 Å². The van der Waals surface area contributed by atoms with Gasteiger partial charge in [0, 0.05) is 12.6 Å². The van der Waals surface area contributed by atoms with Gasteiger partial charge in [-0.2, -0.15) is 12.6 Å². The minimum Gasteiger partial charge on any atom is -0.265 e. The molecule has 0 amide bonds.